The zero-order valence-electron chi connectivity index (χ0n) is 11.0. The Labute approximate surface area is 112 Å². The Morgan fingerprint density at radius 1 is 1.32 bits per heavy atom. The van der Waals surface area contributed by atoms with Crippen LogP contribution in [0.15, 0.2) is 18.2 Å². The minimum Gasteiger partial charge on any atom is -0.504 e. The molecule has 19 heavy (non-hydrogen) atoms. The molecule has 1 fully saturated rings. The number of phenolic OH excluding ortho intramolecular Hbond substituents is 2. The van der Waals surface area contributed by atoms with Gasteiger partial charge in [-0.15, -0.1) is 0 Å². The van der Waals surface area contributed by atoms with E-state index in [2.05, 4.69) is 10.6 Å². The van der Waals surface area contributed by atoms with Gasteiger partial charge in [0, 0.05) is 11.6 Å². The Morgan fingerprint density at radius 2 is 2.00 bits per heavy atom. The monoisotopic (exact) mass is 264 g/mol. The number of carbonyl (C=O) groups excluding carboxylic acids is 1. The molecule has 1 aromatic carbocycles. The Kier molecular flexibility index (Phi) is 4.27. The number of hydrogen-bond acceptors (Lipinski definition) is 4. The largest absolute Gasteiger partial charge is 0.504 e. The standard InChI is InChI=1S/C14H20N2O3/c1-9(10-4-6-15-7-5-10)16-14(19)11-2-3-12(17)13(18)8-11/h2-3,8-10,15,17-18H,4-7H2,1H3,(H,16,19). The van der Waals surface area contributed by atoms with Gasteiger partial charge >= 0.3 is 0 Å². The molecule has 1 unspecified atom stereocenters. The maximum Gasteiger partial charge on any atom is 0.251 e. The van der Waals surface area contributed by atoms with Crippen molar-refractivity contribution in [2.75, 3.05) is 13.1 Å². The normalized spacial score (nSPS) is 17.9. The van der Waals surface area contributed by atoms with E-state index in [1.165, 1.54) is 18.2 Å². The van der Waals surface area contributed by atoms with Gasteiger partial charge in [-0.1, -0.05) is 0 Å². The zero-order chi connectivity index (χ0) is 13.8. The van der Waals surface area contributed by atoms with Crippen molar-refractivity contribution in [3.8, 4) is 11.5 Å². The number of rotatable bonds is 3. The third-order valence-corrected chi connectivity index (χ3v) is 3.69. The number of carbonyl (C=O) groups is 1. The van der Waals surface area contributed by atoms with Crippen LogP contribution in [0.1, 0.15) is 30.1 Å². The topological polar surface area (TPSA) is 81.6 Å². The SMILES string of the molecule is CC(NC(=O)c1ccc(O)c(O)c1)C1CCNCC1. The van der Waals surface area contributed by atoms with Crippen LogP contribution in [0.25, 0.3) is 0 Å². The summed E-state index contributed by atoms with van der Waals surface area (Å²) < 4.78 is 0. The molecule has 4 N–H and O–H groups in total. The van der Waals surface area contributed by atoms with Gasteiger partial charge in [0.2, 0.25) is 0 Å². The summed E-state index contributed by atoms with van der Waals surface area (Å²) in [6.07, 6.45) is 2.12. The lowest BCUT2D eigenvalue weighted by Gasteiger charge is -2.28. The molecule has 0 aliphatic carbocycles. The number of aromatic hydroxyl groups is 2. The first-order valence-corrected chi connectivity index (χ1v) is 6.61. The van der Waals surface area contributed by atoms with Crippen molar-refractivity contribution in [3.05, 3.63) is 23.8 Å². The second-order valence-electron chi connectivity index (χ2n) is 5.05. The van der Waals surface area contributed by atoms with Gasteiger partial charge in [-0.2, -0.15) is 0 Å². The molecule has 5 heteroatoms. The van der Waals surface area contributed by atoms with Gasteiger partial charge in [0.15, 0.2) is 11.5 Å². The molecule has 0 bridgehead atoms. The highest BCUT2D eigenvalue weighted by Crippen LogP contribution is 2.25. The Hall–Kier alpha value is -1.75. The van der Waals surface area contributed by atoms with Crippen LogP contribution in [0, 0.1) is 5.92 Å². The third kappa shape index (κ3) is 3.38. The molecule has 104 valence electrons. The van der Waals surface area contributed by atoms with Gasteiger partial charge in [-0.3, -0.25) is 4.79 Å². The van der Waals surface area contributed by atoms with Crippen molar-refractivity contribution in [3.63, 3.8) is 0 Å². The smallest absolute Gasteiger partial charge is 0.251 e. The van der Waals surface area contributed by atoms with E-state index < -0.39 is 0 Å². The molecule has 1 heterocycles. The van der Waals surface area contributed by atoms with Gasteiger partial charge in [0.1, 0.15) is 0 Å². The van der Waals surface area contributed by atoms with Crippen LogP contribution in [0.4, 0.5) is 0 Å². The minimum absolute atomic E-state index is 0.102. The Bertz CT molecular complexity index is 456. The lowest BCUT2D eigenvalue weighted by molar-refractivity contribution is 0.0920. The maximum absolute atomic E-state index is 12.0. The fourth-order valence-electron chi connectivity index (χ4n) is 2.42. The molecule has 1 saturated heterocycles. The molecular formula is C14H20N2O3. The molecule has 5 nitrogen and oxygen atoms in total. The number of hydrogen-bond donors (Lipinski definition) is 4. The molecule has 1 aromatic rings. The van der Waals surface area contributed by atoms with Crippen molar-refractivity contribution in [2.45, 2.75) is 25.8 Å². The van der Waals surface area contributed by atoms with E-state index in [4.69, 9.17) is 0 Å². The Balaban J connectivity index is 1.97. The highest BCUT2D eigenvalue weighted by atomic mass is 16.3. The van der Waals surface area contributed by atoms with Gasteiger partial charge in [0.05, 0.1) is 0 Å². The lowest BCUT2D eigenvalue weighted by Crippen LogP contribution is -2.42. The molecule has 1 aliphatic rings. The zero-order valence-corrected chi connectivity index (χ0v) is 11.0. The van der Waals surface area contributed by atoms with E-state index in [-0.39, 0.29) is 23.4 Å². The highest BCUT2D eigenvalue weighted by molar-refractivity contribution is 5.95. The molecule has 0 saturated carbocycles. The van der Waals surface area contributed by atoms with Crippen LogP contribution in [0.3, 0.4) is 0 Å². The summed E-state index contributed by atoms with van der Waals surface area (Å²) in [6, 6.07) is 4.20. The van der Waals surface area contributed by atoms with Crippen molar-refractivity contribution in [1.29, 1.82) is 0 Å². The highest BCUT2D eigenvalue weighted by Gasteiger charge is 2.21. The van der Waals surface area contributed by atoms with Crippen LogP contribution < -0.4 is 10.6 Å². The number of phenols is 2. The van der Waals surface area contributed by atoms with E-state index in [1.54, 1.807) is 0 Å². The first-order chi connectivity index (χ1) is 9.08. The molecule has 2 rings (SSSR count). The van der Waals surface area contributed by atoms with Gasteiger partial charge in [-0.25, -0.2) is 0 Å². The summed E-state index contributed by atoms with van der Waals surface area (Å²) in [6.45, 7) is 3.99. The van der Waals surface area contributed by atoms with Crippen LogP contribution in [0.5, 0.6) is 11.5 Å². The van der Waals surface area contributed by atoms with Crippen molar-refractivity contribution in [1.82, 2.24) is 10.6 Å². The van der Waals surface area contributed by atoms with Gasteiger partial charge < -0.3 is 20.8 Å². The average molecular weight is 264 g/mol. The Morgan fingerprint density at radius 3 is 2.63 bits per heavy atom. The quantitative estimate of drug-likeness (QED) is 0.619. The molecule has 0 spiro atoms. The first kappa shape index (κ1) is 13.7. The lowest BCUT2D eigenvalue weighted by atomic mass is 9.91. The van der Waals surface area contributed by atoms with Crippen LogP contribution in [-0.2, 0) is 0 Å². The molecule has 1 aliphatic heterocycles. The summed E-state index contributed by atoms with van der Waals surface area (Å²) in [5.74, 6) is -0.234. The summed E-state index contributed by atoms with van der Waals surface area (Å²) in [5.41, 5.74) is 0.357. The van der Waals surface area contributed by atoms with E-state index in [1.807, 2.05) is 6.92 Å². The molecular weight excluding hydrogens is 244 g/mol. The van der Waals surface area contributed by atoms with Gasteiger partial charge in [-0.05, 0) is 57.0 Å². The molecule has 1 amide bonds. The first-order valence-electron chi connectivity index (χ1n) is 6.61. The second kappa shape index (κ2) is 5.93. The van der Waals surface area contributed by atoms with E-state index in [0.29, 0.717) is 11.5 Å². The number of nitrogens with one attached hydrogen (secondary N) is 2. The van der Waals surface area contributed by atoms with Crippen LogP contribution in [0.2, 0.25) is 0 Å². The fraction of sp³-hybridized carbons (Fsp3) is 0.500. The van der Waals surface area contributed by atoms with E-state index in [0.717, 1.165) is 25.9 Å². The second-order valence-corrected chi connectivity index (χ2v) is 5.05. The van der Waals surface area contributed by atoms with E-state index in [9.17, 15) is 15.0 Å². The number of piperidine rings is 1. The summed E-state index contributed by atoms with van der Waals surface area (Å²) in [7, 11) is 0. The van der Waals surface area contributed by atoms with Gasteiger partial charge in [0.25, 0.3) is 5.91 Å². The molecule has 1 atom stereocenters. The summed E-state index contributed by atoms with van der Waals surface area (Å²) in [5, 5.41) is 24.9. The summed E-state index contributed by atoms with van der Waals surface area (Å²) in [4.78, 5) is 12.0. The van der Waals surface area contributed by atoms with Crippen molar-refractivity contribution in [2.24, 2.45) is 5.92 Å². The van der Waals surface area contributed by atoms with Crippen LogP contribution >= 0.6 is 0 Å². The van der Waals surface area contributed by atoms with Crippen LogP contribution in [-0.4, -0.2) is 35.3 Å². The van der Waals surface area contributed by atoms with Crippen molar-refractivity contribution < 1.29 is 15.0 Å². The van der Waals surface area contributed by atoms with E-state index >= 15 is 0 Å². The number of benzene rings is 1. The average Bonchev–Trinajstić information content (AvgIpc) is 2.42. The predicted octanol–water partition coefficient (Wildman–Crippen LogP) is 1.22. The molecule has 0 aromatic heterocycles. The minimum atomic E-state index is -0.276. The summed E-state index contributed by atoms with van der Waals surface area (Å²) >= 11 is 0. The van der Waals surface area contributed by atoms with Crippen molar-refractivity contribution >= 4 is 5.91 Å². The fourth-order valence-corrected chi connectivity index (χ4v) is 2.42. The third-order valence-electron chi connectivity index (χ3n) is 3.69. The predicted molar refractivity (Wildman–Crippen MR) is 72.3 cm³/mol. The molecule has 0 radical (unpaired) electrons. The maximum atomic E-state index is 12.0. The number of amides is 1.